The van der Waals surface area contributed by atoms with Crippen LogP contribution < -0.4 is 20.5 Å². The Kier molecular flexibility index (Phi) is 13.0. The summed E-state index contributed by atoms with van der Waals surface area (Å²) in [5.74, 6) is -3.55. The molecule has 4 heterocycles. The van der Waals surface area contributed by atoms with Gasteiger partial charge in [0, 0.05) is 48.9 Å². The minimum atomic E-state index is -4.47. The van der Waals surface area contributed by atoms with E-state index in [1.165, 1.54) is 31.2 Å². The number of rotatable bonds is 14. The third-order valence-electron chi connectivity index (χ3n) is 12.7. The van der Waals surface area contributed by atoms with Crippen LogP contribution in [0.2, 0.25) is 0 Å². The molecule has 8 rings (SSSR count). The van der Waals surface area contributed by atoms with Crippen LogP contribution in [0.3, 0.4) is 0 Å². The molecule has 0 radical (unpaired) electrons. The van der Waals surface area contributed by atoms with Crippen LogP contribution in [0, 0.1) is 0 Å². The Morgan fingerprint density at radius 2 is 1.63 bits per heavy atom. The van der Waals surface area contributed by atoms with Crippen molar-refractivity contribution in [3.8, 4) is 5.75 Å². The molecule has 1 aliphatic carbocycles. The minimum Gasteiger partial charge on any atom is -0.465 e. The highest BCUT2D eigenvalue weighted by atomic mass is 31.2. The largest absolute Gasteiger partial charge is 0.465 e. The second-order valence-electron chi connectivity index (χ2n) is 17.2. The molecule has 3 aromatic carbocycles. The average molecular weight is 868 g/mol. The highest BCUT2D eigenvalue weighted by molar-refractivity contribution is 7.57. The minimum absolute atomic E-state index is 0.00217. The van der Waals surface area contributed by atoms with Crippen LogP contribution in [0.1, 0.15) is 117 Å². The third kappa shape index (κ3) is 9.37. The van der Waals surface area contributed by atoms with Gasteiger partial charge in [-0.15, -0.1) is 0 Å². The van der Waals surface area contributed by atoms with Crippen molar-refractivity contribution < 1.29 is 37.4 Å². The Hall–Kier alpha value is -5.33. The Balaban J connectivity index is 0.966. The molecular formula is C47H55FN5O8P. The summed E-state index contributed by atoms with van der Waals surface area (Å²) in [6.45, 7) is 4.47. The summed E-state index contributed by atoms with van der Waals surface area (Å²) in [5.41, 5.74) is 1.19. The van der Waals surface area contributed by atoms with Crippen molar-refractivity contribution in [3.63, 3.8) is 0 Å². The van der Waals surface area contributed by atoms with Gasteiger partial charge >= 0.3 is 13.5 Å². The number of carbonyl (C=O) groups is 4. The number of hydrogen-bond acceptors (Lipinski definition) is 8. The van der Waals surface area contributed by atoms with Crippen molar-refractivity contribution in [2.45, 2.75) is 120 Å². The summed E-state index contributed by atoms with van der Waals surface area (Å²) in [6, 6.07) is 19.0. The molecule has 4 aromatic rings. The molecule has 3 unspecified atom stereocenters. The van der Waals surface area contributed by atoms with Crippen molar-refractivity contribution in [2.75, 3.05) is 19.7 Å². The van der Waals surface area contributed by atoms with E-state index in [0.29, 0.717) is 55.6 Å². The van der Waals surface area contributed by atoms with Gasteiger partial charge in [0.05, 0.1) is 6.61 Å². The Morgan fingerprint density at radius 3 is 2.39 bits per heavy atom. The normalized spacial score (nSPS) is 23.4. The maximum Gasteiger partial charge on any atom is 0.355 e. The lowest BCUT2D eigenvalue weighted by Crippen LogP contribution is -2.56. The van der Waals surface area contributed by atoms with Gasteiger partial charge in [-0.2, -0.15) is 0 Å². The standard InChI is InChI=1S/C47H55FN5O8P/c1-3-25-60-47(58)30(2)50-62(59,61-39-10-5-4-6-11-39)43(48)33-15-13-31-14-16-34(27-36(31)26-33)44(55)49-40-12-8-7-9-38-19-20-41(53(38)45(40)56)46(57)51-23-21-35(29-51)32-22-24-52(37-17-18-37)42(54)28-32/h4-6,10-11,13-16,22,24,26-28,30,35,37-38,40-41,43H,3,7-9,12,17-21,23,25,29H2,1-2H3,(H,49,55)(H,50,59)/t30-,35?,38-,40-,41-,43?,62?/m0/s1. The Bertz CT molecular complexity index is 2430. The van der Waals surface area contributed by atoms with Crippen LogP contribution in [0.15, 0.2) is 89.9 Å². The van der Waals surface area contributed by atoms with E-state index in [1.54, 1.807) is 58.0 Å². The second-order valence-corrected chi connectivity index (χ2v) is 19.3. The first-order chi connectivity index (χ1) is 29.9. The number of fused-ring (bicyclic) bond motifs is 2. The zero-order valence-corrected chi connectivity index (χ0v) is 36.1. The van der Waals surface area contributed by atoms with E-state index >= 15 is 4.39 Å². The van der Waals surface area contributed by atoms with Crippen LogP contribution in [0.5, 0.6) is 5.75 Å². The molecule has 1 aromatic heterocycles. The lowest BCUT2D eigenvalue weighted by molar-refractivity contribution is -0.146. The number of nitrogens with one attached hydrogen (secondary N) is 2. The highest BCUT2D eigenvalue weighted by Crippen LogP contribution is 2.58. The highest BCUT2D eigenvalue weighted by Gasteiger charge is 2.46. The maximum absolute atomic E-state index is 16.6. The van der Waals surface area contributed by atoms with Gasteiger partial charge in [0.1, 0.15) is 23.9 Å². The fraction of sp³-hybridized carbons (Fsp3) is 0.468. The van der Waals surface area contributed by atoms with E-state index in [-0.39, 0.29) is 52.8 Å². The fourth-order valence-corrected chi connectivity index (χ4v) is 11.1. The fourth-order valence-electron chi connectivity index (χ4n) is 9.18. The SMILES string of the molecule is CCCOC(=O)[C@H](C)NP(=O)(Oc1ccccc1)C(F)c1ccc2ccc(C(=O)N[C@H]3CCCC[C@H]4CC[C@@H](C(=O)N5CCC(c6ccn(C7CC7)c(=O)c6)C5)N4C3=O)cc2c1. The van der Waals surface area contributed by atoms with E-state index in [9.17, 15) is 28.5 Å². The third-order valence-corrected chi connectivity index (χ3v) is 14.8. The molecule has 4 fully saturated rings. The van der Waals surface area contributed by atoms with Gasteiger partial charge in [-0.1, -0.05) is 56.2 Å². The Labute approximate surface area is 360 Å². The van der Waals surface area contributed by atoms with Gasteiger partial charge in [-0.3, -0.25) is 28.5 Å². The molecule has 3 saturated heterocycles. The van der Waals surface area contributed by atoms with Crippen molar-refractivity contribution in [1.82, 2.24) is 24.8 Å². The van der Waals surface area contributed by atoms with Crippen LogP contribution in [-0.2, 0) is 23.7 Å². The first-order valence-corrected chi connectivity index (χ1v) is 23.7. The Morgan fingerprint density at radius 1 is 0.871 bits per heavy atom. The van der Waals surface area contributed by atoms with Gasteiger partial charge in [0.2, 0.25) is 17.7 Å². The molecule has 3 amide bonds. The first-order valence-electron chi connectivity index (χ1n) is 22.0. The average Bonchev–Trinajstić information content (AvgIpc) is 3.84. The molecule has 2 N–H and O–H groups in total. The molecule has 13 nitrogen and oxygen atoms in total. The zero-order chi connectivity index (χ0) is 43.5. The first kappa shape index (κ1) is 43.3. The number of benzene rings is 3. The van der Waals surface area contributed by atoms with E-state index < -0.39 is 43.4 Å². The van der Waals surface area contributed by atoms with Crippen molar-refractivity contribution in [1.29, 1.82) is 0 Å². The van der Waals surface area contributed by atoms with Crippen LogP contribution in [0.25, 0.3) is 10.8 Å². The number of amides is 3. The van der Waals surface area contributed by atoms with E-state index in [1.807, 2.05) is 24.1 Å². The number of hydrogen-bond donors (Lipinski definition) is 2. The van der Waals surface area contributed by atoms with Gasteiger partial charge in [-0.25, -0.2) is 9.48 Å². The van der Waals surface area contributed by atoms with Crippen LogP contribution >= 0.6 is 7.52 Å². The lowest BCUT2D eigenvalue weighted by Gasteiger charge is -2.36. The molecule has 3 aliphatic heterocycles. The monoisotopic (exact) mass is 867 g/mol. The topological polar surface area (TPSA) is 156 Å². The summed E-state index contributed by atoms with van der Waals surface area (Å²) >= 11 is 0. The summed E-state index contributed by atoms with van der Waals surface area (Å²) in [5, 5.41) is 6.74. The summed E-state index contributed by atoms with van der Waals surface area (Å²) in [7, 11) is -4.47. The van der Waals surface area contributed by atoms with E-state index in [2.05, 4.69) is 10.4 Å². The van der Waals surface area contributed by atoms with E-state index in [0.717, 1.165) is 44.1 Å². The number of halogens is 1. The summed E-state index contributed by atoms with van der Waals surface area (Å²) in [4.78, 5) is 71.5. The zero-order valence-electron chi connectivity index (χ0n) is 35.2. The molecule has 1 saturated carbocycles. The molecule has 7 atom stereocenters. The van der Waals surface area contributed by atoms with Gasteiger partial charge < -0.3 is 28.9 Å². The molecular weight excluding hydrogens is 813 g/mol. The van der Waals surface area contributed by atoms with Gasteiger partial charge in [-0.05, 0) is 117 Å². The van der Waals surface area contributed by atoms with Crippen molar-refractivity contribution >= 4 is 42.0 Å². The van der Waals surface area contributed by atoms with Crippen molar-refractivity contribution in [3.05, 3.63) is 112 Å². The number of nitrogens with zero attached hydrogens (tertiary/aromatic N) is 3. The smallest absolute Gasteiger partial charge is 0.355 e. The molecule has 15 heteroatoms. The van der Waals surface area contributed by atoms with Crippen LogP contribution in [-0.4, -0.2) is 81.9 Å². The van der Waals surface area contributed by atoms with Crippen molar-refractivity contribution in [2.24, 2.45) is 0 Å². The summed E-state index contributed by atoms with van der Waals surface area (Å²) in [6.07, 6.45) is 9.32. The van der Waals surface area contributed by atoms with E-state index in [4.69, 9.17) is 9.26 Å². The molecule has 62 heavy (non-hydrogen) atoms. The molecule has 0 spiro atoms. The second kappa shape index (κ2) is 18.6. The molecule has 4 aliphatic rings. The number of esters is 1. The predicted octanol–water partition coefficient (Wildman–Crippen LogP) is 7.56. The molecule has 328 valence electrons. The number of alkyl halides is 1. The van der Waals surface area contributed by atoms with Crippen LogP contribution in [0.4, 0.5) is 4.39 Å². The number of ether oxygens (including phenoxy) is 1. The summed E-state index contributed by atoms with van der Waals surface area (Å²) < 4.78 is 43.8. The maximum atomic E-state index is 16.6. The lowest BCUT2D eigenvalue weighted by atomic mass is 9.98. The number of likely N-dealkylation sites (tertiary alicyclic amines) is 1. The number of carbonyl (C=O) groups excluding carboxylic acids is 4. The van der Waals surface area contributed by atoms with Gasteiger partial charge in [0.15, 0.2) is 0 Å². The number of para-hydroxylation sites is 1. The van der Waals surface area contributed by atoms with Gasteiger partial charge in [0.25, 0.3) is 11.5 Å². The predicted molar refractivity (Wildman–Crippen MR) is 233 cm³/mol. The molecule has 0 bridgehead atoms. The number of aromatic nitrogens is 1. The number of pyridine rings is 1. The quantitative estimate of drug-likeness (QED) is 0.0965.